The van der Waals surface area contributed by atoms with Crippen LogP contribution in [0.25, 0.3) is 0 Å². The number of benzene rings is 2. The highest BCUT2D eigenvalue weighted by Crippen LogP contribution is 2.18. The summed E-state index contributed by atoms with van der Waals surface area (Å²) in [6.07, 6.45) is 0. The first-order chi connectivity index (χ1) is 9.09. The van der Waals surface area contributed by atoms with Crippen molar-refractivity contribution in [3.63, 3.8) is 0 Å². The standard InChI is InChI=1S/C16H18N2O/c1-17(2)15-11-7-8-13(12-15)16(19)18(3)14-9-5-4-6-10-14/h4-12H,1-3H3. The Balaban J connectivity index is 2.27. The van der Waals surface area contributed by atoms with Gasteiger partial charge in [0.05, 0.1) is 0 Å². The van der Waals surface area contributed by atoms with Crippen LogP contribution in [0.15, 0.2) is 54.6 Å². The smallest absolute Gasteiger partial charge is 0.258 e. The molecule has 0 spiro atoms. The van der Waals surface area contributed by atoms with Crippen molar-refractivity contribution in [3.8, 4) is 0 Å². The van der Waals surface area contributed by atoms with E-state index in [1.54, 1.807) is 11.9 Å². The van der Waals surface area contributed by atoms with E-state index < -0.39 is 0 Å². The van der Waals surface area contributed by atoms with Gasteiger partial charge in [0.25, 0.3) is 5.91 Å². The van der Waals surface area contributed by atoms with E-state index in [0.717, 1.165) is 11.4 Å². The SMILES string of the molecule is CN(C)c1cccc(C(=O)N(C)c2ccccc2)c1. The van der Waals surface area contributed by atoms with Crippen molar-refractivity contribution in [2.75, 3.05) is 30.9 Å². The molecule has 3 nitrogen and oxygen atoms in total. The minimum absolute atomic E-state index is 0.00472. The highest BCUT2D eigenvalue weighted by atomic mass is 16.2. The van der Waals surface area contributed by atoms with Crippen LogP contribution in [-0.4, -0.2) is 27.1 Å². The number of rotatable bonds is 3. The molecule has 0 aromatic heterocycles. The highest BCUT2D eigenvalue weighted by molar-refractivity contribution is 6.06. The maximum atomic E-state index is 12.4. The predicted octanol–water partition coefficient (Wildman–Crippen LogP) is 3.03. The summed E-state index contributed by atoms with van der Waals surface area (Å²) >= 11 is 0. The molecule has 0 aliphatic rings. The van der Waals surface area contributed by atoms with E-state index in [1.165, 1.54) is 0 Å². The molecule has 0 saturated heterocycles. The third-order valence-electron chi connectivity index (χ3n) is 3.06. The molecule has 0 unspecified atom stereocenters. The molecule has 0 atom stereocenters. The van der Waals surface area contributed by atoms with E-state index in [9.17, 15) is 4.79 Å². The maximum Gasteiger partial charge on any atom is 0.258 e. The predicted molar refractivity (Wildman–Crippen MR) is 79.9 cm³/mol. The second-order valence-corrected chi connectivity index (χ2v) is 4.64. The molecule has 2 aromatic rings. The molecular formula is C16H18N2O. The molecule has 1 amide bonds. The van der Waals surface area contributed by atoms with Crippen LogP contribution in [0.1, 0.15) is 10.4 Å². The van der Waals surface area contributed by atoms with Crippen LogP contribution in [-0.2, 0) is 0 Å². The number of nitrogens with zero attached hydrogens (tertiary/aromatic N) is 2. The Hall–Kier alpha value is -2.29. The van der Waals surface area contributed by atoms with Gasteiger partial charge in [0.2, 0.25) is 0 Å². The van der Waals surface area contributed by atoms with Crippen molar-refractivity contribution in [2.45, 2.75) is 0 Å². The highest BCUT2D eigenvalue weighted by Gasteiger charge is 2.13. The van der Waals surface area contributed by atoms with Crippen LogP contribution in [0.5, 0.6) is 0 Å². The fourth-order valence-electron chi connectivity index (χ4n) is 1.88. The van der Waals surface area contributed by atoms with Crippen LogP contribution in [0.3, 0.4) is 0 Å². The Labute approximate surface area is 114 Å². The van der Waals surface area contributed by atoms with Gasteiger partial charge >= 0.3 is 0 Å². The molecule has 0 aliphatic heterocycles. The molecule has 0 fully saturated rings. The first-order valence-electron chi connectivity index (χ1n) is 6.20. The second-order valence-electron chi connectivity index (χ2n) is 4.64. The molecule has 0 heterocycles. The van der Waals surface area contributed by atoms with Crippen LogP contribution < -0.4 is 9.80 Å². The lowest BCUT2D eigenvalue weighted by Gasteiger charge is -2.19. The molecule has 2 aromatic carbocycles. The minimum Gasteiger partial charge on any atom is -0.378 e. The van der Waals surface area contributed by atoms with Crippen LogP contribution in [0.2, 0.25) is 0 Å². The first kappa shape index (κ1) is 13.1. The summed E-state index contributed by atoms with van der Waals surface area (Å²) in [5.41, 5.74) is 2.60. The van der Waals surface area contributed by atoms with E-state index in [-0.39, 0.29) is 5.91 Å². The summed E-state index contributed by atoms with van der Waals surface area (Å²) in [5, 5.41) is 0. The molecule has 98 valence electrons. The van der Waals surface area contributed by atoms with Crippen molar-refractivity contribution in [1.82, 2.24) is 0 Å². The molecular weight excluding hydrogens is 236 g/mol. The molecule has 2 rings (SSSR count). The number of anilines is 2. The zero-order valence-corrected chi connectivity index (χ0v) is 11.5. The lowest BCUT2D eigenvalue weighted by molar-refractivity contribution is 0.0993. The molecule has 0 saturated carbocycles. The van der Waals surface area contributed by atoms with Crippen LogP contribution in [0, 0.1) is 0 Å². The van der Waals surface area contributed by atoms with E-state index >= 15 is 0 Å². The first-order valence-corrected chi connectivity index (χ1v) is 6.20. The van der Waals surface area contributed by atoms with Crippen LogP contribution in [0.4, 0.5) is 11.4 Å². The molecule has 0 radical (unpaired) electrons. The third-order valence-corrected chi connectivity index (χ3v) is 3.06. The number of carbonyl (C=O) groups excluding carboxylic acids is 1. The lowest BCUT2D eigenvalue weighted by atomic mass is 10.1. The Morgan fingerprint density at radius 3 is 2.11 bits per heavy atom. The van der Waals surface area contributed by atoms with Gasteiger partial charge in [-0.2, -0.15) is 0 Å². The molecule has 0 aliphatic carbocycles. The number of hydrogen-bond donors (Lipinski definition) is 0. The number of carbonyl (C=O) groups is 1. The quantitative estimate of drug-likeness (QED) is 0.840. The normalized spacial score (nSPS) is 10.1. The topological polar surface area (TPSA) is 23.6 Å². The molecule has 0 N–H and O–H groups in total. The number of hydrogen-bond acceptors (Lipinski definition) is 2. The van der Waals surface area contributed by atoms with Gasteiger partial charge in [0.15, 0.2) is 0 Å². The van der Waals surface area contributed by atoms with Gasteiger partial charge in [0, 0.05) is 38.1 Å². The number of amides is 1. The van der Waals surface area contributed by atoms with Gasteiger partial charge in [-0.25, -0.2) is 0 Å². The average Bonchev–Trinajstić information content (AvgIpc) is 2.46. The van der Waals surface area contributed by atoms with E-state index in [1.807, 2.05) is 73.6 Å². The molecule has 0 bridgehead atoms. The summed E-state index contributed by atoms with van der Waals surface area (Å²) < 4.78 is 0. The van der Waals surface area contributed by atoms with Crippen LogP contribution >= 0.6 is 0 Å². The van der Waals surface area contributed by atoms with E-state index in [2.05, 4.69) is 0 Å². The Bertz CT molecular complexity index is 564. The van der Waals surface area contributed by atoms with Gasteiger partial charge in [-0.1, -0.05) is 24.3 Å². The van der Waals surface area contributed by atoms with Crippen molar-refractivity contribution in [3.05, 3.63) is 60.2 Å². The summed E-state index contributed by atoms with van der Waals surface area (Å²) in [6, 6.07) is 17.3. The van der Waals surface area contributed by atoms with Crippen molar-refractivity contribution >= 4 is 17.3 Å². The summed E-state index contributed by atoms with van der Waals surface area (Å²) in [6.45, 7) is 0. The second kappa shape index (κ2) is 5.57. The molecule has 19 heavy (non-hydrogen) atoms. The summed E-state index contributed by atoms with van der Waals surface area (Å²) in [7, 11) is 5.72. The van der Waals surface area contributed by atoms with Gasteiger partial charge in [0.1, 0.15) is 0 Å². The monoisotopic (exact) mass is 254 g/mol. The third kappa shape index (κ3) is 2.94. The van der Waals surface area contributed by atoms with Gasteiger partial charge in [-0.05, 0) is 30.3 Å². The van der Waals surface area contributed by atoms with Crippen molar-refractivity contribution < 1.29 is 4.79 Å². The van der Waals surface area contributed by atoms with Crippen molar-refractivity contribution in [1.29, 1.82) is 0 Å². The zero-order chi connectivity index (χ0) is 13.8. The fraction of sp³-hybridized carbons (Fsp3) is 0.188. The summed E-state index contributed by atoms with van der Waals surface area (Å²) in [5.74, 6) is -0.00472. The zero-order valence-electron chi connectivity index (χ0n) is 11.5. The fourth-order valence-corrected chi connectivity index (χ4v) is 1.88. The van der Waals surface area contributed by atoms with Gasteiger partial charge in [-0.15, -0.1) is 0 Å². The summed E-state index contributed by atoms with van der Waals surface area (Å²) in [4.78, 5) is 16.1. The minimum atomic E-state index is -0.00472. The Kier molecular flexibility index (Phi) is 3.85. The Morgan fingerprint density at radius 1 is 0.842 bits per heavy atom. The lowest BCUT2D eigenvalue weighted by Crippen LogP contribution is -2.26. The largest absolute Gasteiger partial charge is 0.378 e. The van der Waals surface area contributed by atoms with Gasteiger partial charge in [-0.3, -0.25) is 4.79 Å². The van der Waals surface area contributed by atoms with Gasteiger partial charge < -0.3 is 9.80 Å². The maximum absolute atomic E-state index is 12.4. The molecule has 3 heteroatoms. The van der Waals surface area contributed by atoms with E-state index in [0.29, 0.717) is 5.56 Å². The van der Waals surface area contributed by atoms with E-state index in [4.69, 9.17) is 0 Å². The Morgan fingerprint density at radius 2 is 1.47 bits per heavy atom. The van der Waals surface area contributed by atoms with Crippen molar-refractivity contribution in [2.24, 2.45) is 0 Å². The number of para-hydroxylation sites is 1. The average molecular weight is 254 g/mol.